The van der Waals surface area contributed by atoms with E-state index in [0.717, 1.165) is 16.8 Å². The number of hydrogen-bond acceptors (Lipinski definition) is 4. The van der Waals surface area contributed by atoms with E-state index in [1.54, 1.807) is 7.05 Å². The molecule has 2 aliphatic rings. The van der Waals surface area contributed by atoms with Gasteiger partial charge >= 0.3 is 0 Å². The summed E-state index contributed by atoms with van der Waals surface area (Å²) in [6.45, 7) is 2.15. The van der Waals surface area contributed by atoms with Gasteiger partial charge < -0.3 is 25.4 Å². The Hall–Kier alpha value is -2.20. The van der Waals surface area contributed by atoms with Gasteiger partial charge in [-0.1, -0.05) is 29.8 Å². The fraction of sp³-hybridized carbons (Fsp3) is 0.333. The second-order valence-corrected chi connectivity index (χ2v) is 7.35. The molecule has 2 heterocycles. The van der Waals surface area contributed by atoms with Crippen LogP contribution in [0.3, 0.4) is 0 Å². The van der Waals surface area contributed by atoms with Crippen LogP contribution in [0, 0.1) is 0 Å². The molecule has 3 N–H and O–H groups in total. The predicted octanol–water partition coefficient (Wildman–Crippen LogP) is 3.52. The summed E-state index contributed by atoms with van der Waals surface area (Å²) in [5.41, 5.74) is 2.97. The van der Waals surface area contributed by atoms with Gasteiger partial charge in [-0.15, -0.1) is 24.0 Å². The molecule has 0 radical (unpaired) electrons. The number of carbonyl (C=O) groups is 1. The van der Waals surface area contributed by atoms with Gasteiger partial charge in [0.05, 0.1) is 5.02 Å². The van der Waals surface area contributed by atoms with Crippen LogP contribution in [-0.4, -0.2) is 38.7 Å². The van der Waals surface area contributed by atoms with Gasteiger partial charge in [-0.3, -0.25) is 9.79 Å². The van der Waals surface area contributed by atoms with Gasteiger partial charge in [0.15, 0.2) is 17.5 Å². The third kappa shape index (κ3) is 5.10. The minimum absolute atomic E-state index is 0. The molecule has 0 saturated carbocycles. The van der Waals surface area contributed by atoms with E-state index in [2.05, 4.69) is 27.0 Å². The number of guanidine groups is 1. The minimum atomic E-state index is 0. The lowest BCUT2D eigenvalue weighted by molar-refractivity contribution is -0.116. The van der Waals surface area contributed by atoms with E-state index in [4.69, 9.17) is 21.1 Å². The number of halogens is 2. The summed E-state index contributed by atoms with van der Waals surface area (Å²) >= 11 is 6.30. The molecule has 4 rings (SSSR count). The van der Waals surface area contributed by atoms with Crippen molar-refractivity contribution in [2.24, 2.45) is 4.99 Å². The maximum Gasteiger partial charge on any atom is 0.225 e. The Labute approximate surface area is 197 Å². The molecular weight excluding hydrogens is 519 g/mol. The van der Waals surface area contributed by atoms with Crippen molar-refractivity contribution in [1.82, 2.24) is 10.6 Å². The Morgan fingerprint density at radius 2 is 2.03 bits per heavy atom. The van der Waals surface area contributed by atoms with E-state index in [0.29, 0.717) is 55.2 Å². The number of ether oxygens (including phenoxy) is 2. The number of carbonyl (C=O) groups excluding carboxylic acids is 1. The summed E-state index contributed by atoms with van der Waals surface area (Å²) < 4.78 is 11.2. The Bertz CT molecular complexity index is 954. The highest BCUT2D eigenvalue weighted by Gasteiger charge is 2.24. The van der Waals surface area contributed by atoms with Crippen LogP contribution in [0.2, 0.25) is 5.02 Å². The summed E-state index contributed by atoms with van der Waals surface area (Å²) in [6.07, 6.45) is 0.443. The number of para-hydroxylation sites is 1. The molecular formula is C21H24ClIN4O3. The van der Waals surface area contributed by atoms with Crippen LogP contribution >= 0.6 is 35.6 Å². The molecule has 0 bridgehead atoms. The molecule has 160 valence electrons. The van der Waals surface area contributed by atoms with Crippen molar-refractivity contribution in [3.05, 3.63) is 52.5 Å². The van der Waals surface area contributed by atoms with Crippen molar-refractivity contribution >= 4 is 53.1 Å². The number of rotatable bonds is 4. The van der Waals surface area contributed by atoms with Gasteiger partial charge in [0.2, 0.25) is 5.91 Å². The van der Waals surface area contributed by atoms with Crippen molar-refractivity contribution in [1.29, 1.82) is 0 Å². The first-order valence-electron chi connectivity index (χ1n) is 9.55. The summed E-state index contributed by atoms with van der Waals surface area (Å²) in [4.78, 5) is 16.3. The molecule has 0 aromatic heterocycles. The molecule has 2 aromatic rings. The van der Waals surface area contributed by atoms with E-state index < -0.39 is 0 Å². The van der Waals surface area contributed by atoms with Crippen LogP contribution < -0.4 is 25.4 Å². The molecule has 0 fully saturated rings. The quantitative estimate of drug-likeness (QED) is 0.313. The topological polar surface area (TPSA) is 84.0 Å². The number of amides is 1. The van der Waals surface area contributed by atoms with Crippen molar-refractivity contribution < 1.29 is 14.3 Å². The van der Waals surface area contributed by atoms with Gasteiger partial charge in [0.1, 0.15) is 13.2 Å². The van der Waals surface area contributed by atoms with Gasteiger partial charge in [0.25, 0.3) is 0 Å². The van der Waals surface area contributed by atoms with Gasteiger partial charge in [-0.05, 0) is 29.3 Å². The monoisotopic (exact) mass is 542 g/mol. The largest absolute Gasteiger partial charge is 0.486 e. The Morgan fingerprint density at radius 1 is 1.23 bits per heavy atom. The average molecular weight is 543 g/mol. The number of fused-ring (bicyclic) bond motifs is 2. The van der Waals surface area contributed by atoms with E-state index in [1.165, 1.54) is 0 Å². The van der Waals surface area contributed by atoms with Crippen LogP contribution in [0.4, 0.5) is 5.69 Å². The first-order valence-corrected chi connectivity index (χ1v) is 9.93. The van der Waals surface area contributed by atoms with Crippen molar-refractivity contribution in [2.45, 2.75) is 18.9 Å². The van der Waals surface area contributed by atoms with Crippen molar-refractivity contribution in [3.8, 4) is 11.5 Å². The smallest absolute Gasteiger partial charge is 0.225 e. The maximum atomic E-state index is 12.0. The molecule has 1 atom stereocenters. The molecule has 2 aliphatic heterocycles. The molecule has 7 nitrogen and oxygen atoms in total. The summed E-state index contributed by atoms with van der Waals surface area (Å²) in [7, 11) is 1.72. The number of anilines is 1. The van der Waals surface area contributed by atoms with Crippen LogP contribution in [0.25, 0.3) is 0 Å². The molecule has 2 aromatic carbocycles. The van der Waals surface area contributed by atoms with Crippen LogP contribution in [0.5, 0.6) is 11.5 Å². The Morgan fingerprint density at radius 3 is 2.87 bits per heavy atom. The minimum Gasteiger partial charge on any atom is -0.486 e. The van der Waals surface area contributed by atoms with Gasteiger partial charge in [-0.2, -0.15) is 0 Å². The first kappa shape index (κ1) is 22.5. The number of benzene rings is 2. The molecule has 0 spiro atoms. The molecule has 0 saturated heterocycles. The molecule has 1 unspecified atom stereocenters. The lowest BCUT2D eigenvalue weighted by atomic mass is 9.90. The maximum absolute atomic E-state index is 12.0. The van der Waals surface area contributed by atoms with E-state index in [-0.39, 0.29) is 35.8 Å². The normalized spacial score (nSPS) is 17.3. The van der Waals surface area contributed by atoms with Crippen LogP contribution in [0.1, 0.15) is 23.5 Å². The second kappa shape index (κ2) is 10.2. The zero-order valence-corrected chi connectivity index (χ0v) is 19.6. The highest BCUT2D eigenvalue weighted by molar-refractivity contribution is 14.0. The fourth-order valence-corrected chi connectivity index (χ4v) is 3.86. The average Bonchev–Trinajstić information content (AvgIpc) is 2.73. The number of hydrogen-bond donors (Lipinski definition) is 3. The predicted molar refractivity (Wildman–Crippen MR) is 128 cm³/mol. The van der Waals surface area contributed by atoms with Crippen LogP contribution in [0.15, 0.2) is 41.4 Å². The molecule has 9 heteroatoms. The van der Waals surface area contributed by atoms with E-state index in [1.807, 2.05) is 30.3 Å². The highest BCUT2D eigenvalue weighted by Crippen LogP contribution is 2.38. The first-order chi connectivity index (χ1) is 14.1. The summed E-state index contributed by atoms with van der Waals surface area (Å²) in [5.74, 6) is 2.03. The molecule has 30 heavy (non-hydrogen) atoms. The SMILES string of the molecule is CN=C(NCc1cc(Cl)c2c(c1)OCCO2)NCC1CC(=O)Nc2ccccc21.I. The van der Waals surface area contributed by atoms with E-state index >= 15 is 0 Å². The molecule has 0 aliphatic carbocycles. The second-order valence-electron chi connectivity index (χ2n) is 6.94. The Kier molecular flexibility index (Phi) is 7.65. The number of nitrogens with one attached hydrogen (secondary N) is 3. The van der Waals surface area contributed by atoms with E-state index in [9.17, 15) is 4.79 Å². The highest BCUT2D eigenvalue weighted by atomic mass is 127. The van der Waals surface area contributed by atoms with Crippen LogP contribution in [-0.2, 0) is 11.3 Å². The summed E-state index contributed by atoms with van der Waals surface area (Å²) in [6, 6.07) is 11.7. The van der Waals surface area contributed by atoms with Crippen molar-refractivity contribution in [2.75, 3.05) is 32.1 Å². The third-order valence-electron chi connectivity index (χ3n) is 4.96. The zero-order chi connectivity index (χ0) is 20.2. The standard InChI is InChI=1S/C21H23ClN4O3.HI/c1-23-21(24-11-13-8-16(22)20-18(9-13)28-6-7-29-20)25-12-14-10-19(27)26-17-5-3-2-4-15(14)17;/h2-5,8-9,14H,6-7,10-12H2,1H3,(H,26,27)(H2,23,24,25);1H. The van der Waals surface area contributed by atoms with Gasteiger partial charge in [0, 0.05) is 38.2 Å². The lowest BCUT2D eigenvalue weighted by Crippen LogP contribution is -2.40. The number of nitrogens with zero attached hydrogens (tertiary/aromatic N) is 1. The number of aliphatic imine (C=N–C) groups is 1. The van der Waals surface area contributed by atoms with Crippen molar-refractivity contribution in [3.63, 3.8) is 0 Å². The zero-order valence-electron chi connectivity index (χ0n) is 16.5. The van der Waals surface area contributed by atoms with Gasteiger partial charge in [-0.25, -0.2) is 0 Å². The molecule has 1 amide bonds. The third-order valence-corrected chi connectivity index (χ3v) is 5.24. The summed E-state index contributed by atoms with van der Waals surface area (Å²) in [5, 5.41) is 10.1. The Balaban J connectivity index is 0.00000256. The fourth-order valence-electron chi connectivity index (χ4n) is 3.58. The lowest BCUT2D eigenvalue weighted by Gasteiger charge is -2.26.